The summed E-state index contributed by atoms with van der Waals surface area (Å²) in [4.78, 5) is 24.7. The zero-order valence-corrected chi connectivity index (χ0v) is 16.3. The van der Waals surface area contributed by atoms with E-state index in [4.69, 9.17) is 22.5 Å². The van der Waals surface area contributed by atoms with E-state index in [2.05, 4.69) is 15.6 Å². The molecule has 9 nitrogen and oxygen atoms in total. The third-order valence-electron chi connectivity index (χ3n) is 4.22. The van der Waals surface area contributed by atoms with Crippen LogP contribution in [0.15, 0.2) is 52.3 Å². The maximum absolute atomic E-state index is 12.3. The molecule has 2 aromatic carbocycles. The van der Waals surface area contributed by atoms with E-state index >= 15 is 0 Å². The van der Waals surface area contributed by atoms with Crippen LogP contribution in [0.1, 0.15) is 5.56 Å². The molecule has 0 radical (unpaired) electrons. The first-order chi connectivity index (χ1) is 14.6. The molecule has 0 fully saturated rings. The molecular formula is C18H16ClF3N6O3. The molecule has 13 heteroatoms. The van der Waals surface area contributed by atoms with Crippen LogP contribution in [-0.2, 0) is 6.42 Å². The Morgan fingerprint density at radius 3 is 2.52 bits per heavy atom. The van der Waals surface area contributed by atoms with Gasteiger partial charge in [0, 0.05) is 12.4 Å². The molecule has 1 aromatic heterocycles. The molecule has 31 heavy (non-hydrogen) atoms. The van der Waals surface area contributed by atoms with E-state index in [0.717, 1.165) is 4.68 Å². The van der Waals surface area contributed by atoms with E-state index in [1.165, 1.54) is 6.07 Å². The lowest BCUT2D eigenvalue weighted by Crippen LogP contribution is -2.39. The highest BCUT2D eigenvalue weighted by molar-refractivity contribution is 6.36. The minimum atomic E-state index is -4.32. The van der Waals surface area contributed by atoms with E-state index in [-0.39, 0.29) is 16.3 Å². The number of fused-ring (bicyclic) bond motifs is 2. The largest absolute Gasteiger partial charge is 0.397 e. The van der Waals surface area contributed by atoms with Gasteiger partial charge in [0.1, 0.15) is 0 Å². The summed E-state index contributed by atoms with van der Waals surface area (Å²) in [6.45, 7) is 0. The second-order valence-corrected chi connectivity index (χ2v) is 6.69. The highest BCUT2D eigenvalue weighted by Crippen LogP contribution is 2.41. The summed E-state index contributed by atoms with van der Waals surface area (Å²) in [5.41, 5.74) is 7.36. The molecular weight excluding hydrogens is 441 g/mol. The predicted octanol–water partition coefficient (Wildman–Crippen LogP) is 2.96. The Balaban J connectivity index is 0.000000179. The van der Waals surface area contributed by atoms with Gasteiger partial charge in [-0.25, -0.2) is 5.59 Å². The van der Waals surface area contributed by atoms with Gasteiger partial charge < -0.3 is 21.4 Å². The monoisotopic (exact) mass is 456 g/mol. The molecule has 0 aliphatic carbocycles. The standard InChI is InChI=1S/C10H9ClF3N3.C8H7N3O3/c11-7-8(15)5(4-10(12,13)14)3-6-9(7)17-2-1-16-6;12-7-8(13)11(10-14)6-4-2-1-3-5(6)9-7/h1-3,16-17H,4,15H2;1-4,10,14H,(H,9,12). The van der Waals surface area contributed by atoms with Crippen molar-refractivity contribution in [3.05, 3.63) is 74.0 Å². The van der Waals surface area contributed by atoms with Crippen LogP contribution in [0.4, 0.5) is 30.2 Å². The number of aromatic nitrogens is 2. The van der Waals surface area contributed by atoms with Crippen molar-refractivity contribution in [3.8, 4) is 0 Å². The van der Waals surface area contributed by atoms with Crippen molar-refractivity contribution in [2.24, 2.45) is 0 Å². The fraction of sp³-hybridized carbons (Fsp3) is 0.111. The number of nitrogens with one attached hydrogen (secondary N) is 4. The average Bonchev–Trinajstić information content (AvgIpc) is 2.72. The molecule has 164 valence electrons. The summed E-state index contributed by atoms with van der Waals surface area (Å²) >= 11 is 5.92. The molecule has 1 aliphatic heterocycles. The molecule has 4 rings (SSSR count). The van der Waals surface area contributed by atoms with Gasteiger partial charge in [0.25, 0.3) is 0 Å². The number of hydrogen-bond acceptors (Lipinski definition) is 7. The predicted molar refractivity (Wildman–Crippen MR) is 112 cm³/mol. The van der Waals surface area contributed by atoms with Crippen LogP contribution in [-0.4, -0.2) is 21.0 Å². The van der Waals surface area contributed by atoms with Gasteiger partial charge in [-0.2, -0.15) is 17.8 Å². The van der Waals surface area contributed by atoms with E-state index in [1.54, 1.807) is 42.3 Å². The van der Waals surface area contributed by atoms with Gasteiger partial charge in [-0.3, -0.25) is 14.8 Å². The maximum atomic E-state index is 12.3. The van der Waals surface area contributed by atoms with Gasteiger partial charge in [-0.05, 0) is 23.8 Å². The number of hydrogen-bond donors (Lipinski definition) is 6. The number of nitrogens with zero attached hydrogens (tertiary/aromatic N) is 1. The second-order valence-electron chi connectivity index (χ2n) is 6.31. The third kappa shape index (κ3) is 4.75. The Bertz CT molecular complexity index is 1270. The summed E-state index contributed by atoms with van der Waals surface area (Å²) in [5.74, 6) is 0. The SMILES string of the molecule is Nc1c(CC(F)(F)F)cc2c(c1Cl)NC=CN2.O=c1[nH]c2ccccc2n(NO)c1=O. The number of nitrogens with two attached hydrogens (primary N) is 1. The highest BCUT2D eigenvalue weighted by atomic mass is 35.5. The van der Waals surface area contributed by atoms with Crippen molar-refractivity contribution in [1.29, 1.82) is 0 Å². The molecule has 0 unspecified atom stereocenters. The van der Waals surface area contributed by atoms with Crippen molar-refractivity contribution in [2.45, 2.75) is 12.6 Å². The summed E-state index contributed by atoms with van der Waals surface area (Å²) in [5, 5.41) is 14.4. The molecule has 0 bridgehead atoms. The summed E-state index contributed by atoms with van der Waals surface area (Å²) in [6.07, 6.45) is -2.27. The first-order valence-electron chi connectivity index (χ1n) is 8.62. The lowest BCUT2D eigenvalue weighted by molar-refractivity contribution is -0.127. The minimum Gasteiger partial charge on any atom is -0.397 e. The molecule has 1 aliphatic rings. The van der Waals surface area contributed by atoms with Crippen LogP contribution in [0, 0.1) is 0 Å². The van der Waals surface area contributed by atoms with E-state index in [9.17, 15) is 22.8 Å². The molecule has 2 heterocycles. The van der Waals surface area contributed by atoms with Crippen LogP contribution >= 0.6 is 11.6 Å². The first-order valence-corrected chi connectivity index (χ1v) is 9.00. The van der Waals surface area contributed by atoms with Crippen LogP contribution in [0.3, 0.4) is 0 Å². The number of alkyl halides is 3. The minimum absolute atomic E-state index is 0.0362. The average molecular weight is 457 g/mol. The van der Waals surface area contributed by atoms with Crippen LogP contribution in [0.5, 0.6) is 0 Å². The zero-order valence-electron chi connectivity index (χ0n) is 15.5. The van der Waals surface area contributed by atoms with Crippen LogP contribution in [0.25, 0.3) is 11.0 Å². The molecule has 0 amide bonds. The Labute approximate surface area is 176 Å². The van der Waals surface area contributed by atoms with Crippen molar-refractivity contribution in [3.63, 3.8) is 0 Å². The van der Waals surface area contributed by atoms with E-state index < -0.39 is 23.7 Å². The van der Waals surface area contributed by atoms with Gasteiger partial charge in [-0.15, -0.1) is 0 Å². The van der Waals surface area contributed by atoms with E-state index in [1.807, 2.05) is 0 Å². The number of benzene rings is 2. The van der Waals surface area contributed by atoms with Gasteiger partial charge in [0.2, 0.25) is 0 Å². The normalized spacial score (nSPS) is 12.3. The number of anilines is 3. The number of rotatable bonds is 2. The van der Waals surface area contributed by atoms with Gasteiger partial charge in [-0.1, -0.05) is 23.7 Å². The van der Waals surface area contributed by atoms with Crippen molar-refractivity contribution in [2.75, 3.05) is 22.0 Å². The first kappa shape index (κ1) is 22.1. The number of halogens is 4. The van der Waals surface area contributed by atoms with Crippen molar-refractivity contribution >= 4 is 39.7 Å². The Morgan fingerprint density at radius 2 is 1.84 bits per heavy atom. The van der Waals surface area contributed by atoms with Crippen molar-refractivity contribution < 1.29 is 18.4 Å². The number of para-hydroxylation sites is 2. The summed E-state index contributed by atoms with van der Waals surface area (Å²) in [7, 11) is 0. The van der Waals surface area contributed by atoms with E-state index in [0.29, 0.717) is 22.4 Å². The Hall–Kier alpha value is -3.64. The second kappa shape index (κ2) is 8.62. The lowest BCUT2D eigenvalue weighted by atomic mass is 10.1. The van der Waals surface area contributed by atoms with Gasteiger partial charge in [0.05, 0.1) is 39.5 Å². The number of aromatic amines is 1. The summed E-state index contributed by atoms with van der Waals surface area (Å²) < 4.78 is 37.8. The van der Waals surface area contributed by atoms with Gasteiger partial charge in [0.15, 0.2) is 0 Å². The molecule has 0 spiro atoms. The number of H-pyrrole nitrogens is 1. The topological polar surface area (TPSA) is 137 Å². The summed E-state index contributed by atoms with van der Waals surface area (Å²) in [6, 6.07) is 7.97. The number of nitrogen functional groups attached to an aromatic ring is 1. The Morgan fingerprint density at radius 1 is 1.16 bits per heavy atom. The molecule has 0 saturated carbocycles. The van der Waals surface area contributed by atoms with Gasteiger partial charge >= 0.3 is 17.3 Å². The van der Waals surface area contributed by atoms with Crippen LogP contribution in [0.2, 0.25) is 5.02 Å². The fourth-order valence-electron chi connectivity index (χ4n) is 2.85. The zero-order chi connectivity index (χ0) is 22.8. The highest BCUT2D eigenvalue weighted by Gasteiger charge is 2.30. The van der Waals surface area contributed by atoms with Crippen molar-refractivity contribution in [1.82, 2.24) is 9.66 Å². The van der Waals surface area contributed by atoms with Crippen LogP contribution < -0.4 is 33.1 Å². The third-order valence-corrected chi connectivity index (χ3v) is 4.61. The molecule has 7 N–H and O–H groups in total. The smallest absolute Gasteiger partial charge is 0.393 e. The maximum Gasteiger partial charge on any atom is 0.393 e. The fourth-order valence-corrected chi connectivity index (χ4v) is 3.13. The molecule has 0 saturated heterocycles. The molecule has 3 aromatic rings. The quantitative estimate of drug-likeness (QED) is 0.198. The lowest BCUT2D eigenvalue weighted by Gasteiger charge is -2.20. The Kier molecular flexibility index (Phi) is 6.13. The molecule has 0 atom stereocenters.